The molecule has 0 spiro atoms. The van der Waals surface area contributed by atoms with Crippen LogP contribution in [-0.4, -0.2) is 37.9 Å². The van der Waals surface area contributed by atoms with Crippen molar-refractivity contribution >= 4 is 29.2 Å². The summed E-state index contributed by atoms with van der Waals surface area (Å²) in [4.78, 5) is 38.9. The molecule has 0 saturated carbocycles. The first-order valence-corrected chi connectivity index (χ1v) is 11.1. The summed E-state index contributed by atoms with van der Waals surface area (Å²) in [7, 11) is 0. The van der Waals surface area contributed by atoms with Crippen molar-refractivity contribution in [3.05, 3.63) is 102 Å². The number of carbonyl (C=O) groups is 1. The number of nitrogens with one attached hydrogen (secondary N) is 1. The van der Waals surface area contributed by atoms with E-state index in [1.807, 2.05) is 0 Å². The maximum absolute atomic E-state index is 11.6. The van der Waals surface area contributed by atoms with Crippen molar-refractivity contribution in [1.82, 2.24) is 15.3 Å². The standard InChI is InChI=1S/C14H18ClN3O4.C8H8ClN3O2.2CH4/c1-14(2,3)22-13(19)8-16-11(9-18(20)21)6-10-4-5-12(15)17-7-10;9-8-2-1-6(4-11-8)3-7(10)5-12(13)14;;/h4-5,7,9,16H,6,8H2,1-3H3;1-2,4-5H,3,10H2;2*1H4/b11-9-;7-5+;;. The Kier molecular flexibility index (Phi) is 16.9. The van der Waals surface area contributed by atoms with Gasteiger partial charge in [-0.2, -0.15) is 0 Å². The van der Waals surface area contributed by atoms with E-state index < -0.39 is 21.4 Å². The van der Waals surface area contributed by atoms with Crippen molar-refractivity contribution < 1.29 is 19.4 Å². The number of ether oxygens (including phenoxy) is 1. The molecule has 38 heavy (non-hydrogen) atoms. The van der Waals surface area contributed by atoms with E-state index in [0.717, 1.165) is 23.5 Å². The van der Waals surface area contributed by atoms with Gasteiger partial charge >= 0.3 is 5.97 Å². The Morgan fingerprint density at radius 1 is 0.974 bits per heavy atom. The Bertz CT molecular complexity index is 1100. The number of halogens is 2. The predicted octanol–water partition coefficient (Wildman–Crippen LogP) is 4.95. The van der Waals surface area contributed by atoms with Gasteiger partial charge in [-0.05, 0) is 44.0 Å². The fraction of sp³-hybridized carbons (Fsp3) is 0.375. The maximum Gasteiger partial charge on any atom is 0.325 e. The summed E-state index contributed by atoms with van der Waals surface area (Å²) in [6, 6.07) is 6.62. The highest BCUT2D eigenvalue weighted by Crippen LogP contribution is 2.10. The van der Waals surface area contributed by atoms with Gasteiger partial charge in [0.25, 0.3) is 12.4 Å². The first kappa shape index (κ1) is 36.4. The third kappa shape index (κ3) is 17.6. The van der Waals surface area contributed by atoms with Crippen LogP contribution < -0.4 is 11.1 Å². The van der Waals surface area contributed by atoms with Crippen LogP contribution in [0.1, 0.15) is 46.8 Å². The van der Waals surface area contributed by atoms with E-state index in [1.165, 1.54) is 12.4 Å². The molecule has 12 nitrogen and oxygen atoms in total. The molecular weight excluding hydrogens is 539 g/mol. The molecule has 2 rings (SSSR count). The molecule has 0 bridgehead atoms. The minimum absolute atomic E-state index is 0. The zero-order valence-electron chi connectivity index (χ0n) is 19.8. The fourth-order valence-electron chi connectivity index (χ4n) is 2.50. The third-order valence-electron chi connectivity index (χ3n) is 3.79. The number of hydrogen-bond acceptors (Lipinski definition) is 10. The van der Waals surface area contributed by atoms with Crippen molar-refractivity contribution in [3.63, 3.8) is 0 Å². The van der Waals surface area contributed by atoms with E-state index in [4.69, 9.17) is 33.7 Å². The lowest BCUT2D eigenvalue weighted by Crippen LogP contribution is -2.31. The Balaban J connectivity index is 0. The second-order valence-electron chi connectivity index (χ2n) is 8.20. The molecule has 2 aromatic rings. The summed E-state index contributed by atoms with van der Waals surface area (Å²) >= 11 is 11.3. The molecule has 0 aromatic carbocycles. The molecule has 0 saturated heterocycles. The van der Waals surface area contributed by atoms with E-state index in [-0.39, 0.29) is 39.2 Å². The van der Waals surface area contributed by atoms with Gasteiger partial charge in [0.15, 0.2) is 0 Å². The highest BCUT2D eigenvalue weighted by atomic mass is 35.5. The van der Waals surface area contributed by atoms with Crippen molar-refractivity contribution in [2.75, 3.05) is 6.54 Å². The zero-order chi connectivity index (χ0) is 27.3. The lowest BCUT2D eigenvalue weighted by molar-refractivity contribution is -0.403. The Hall–Kier alpha value is -3.77. The van der Waals surface area contributed by atoms with Gasteiger partial charge in [0, 0.05) is 25.2 Å². The number of esters is 1. The van der Waals surface area contributed by atoms with Crippen LogP contribution >= 0.6 is 23.2 Å². The van der Waals surface area contributed by atoms with Crippen LogP contribution in [-0.2, 0) is 22.4 Å². The number of nitrogens with zero attached hydrogens (tertiary/aromatic N) is 4. The van der Waals surface area contributed by atoms with E-state index in [1.54, 1.807) is 45.0 Å². The number of hydrogen-bond donors (Lipinski definition) is 2. The summed E-state index contributed by atoms with van der Waals surface area (Å²) < 4.78 is 5.13. The number of nitrogens with two attached hydrogens (primary N) is 1. The van der Waals surface area contributed by atoms with Crippen molar-refractivity contribution in [2.24, 2.45) is 5.73 Å². The Morgan fingerprint density at radius 3 is 1.84 bits per heavy atom. The first-order valence-electron chi connectivity index (χ1n) is 10.3. The van der Waals surface area contributed by atoms with E-state index >= 15 is 0 Å². The Morgan fingerprint density at radius 2 is 1.45 bits per heavy atom. The molecule has 0 fully saturated rings. The molecular formula is C24H34Cl2N6O6. The van der Waals surface area contributed by atoms with Gasteiger partial charge in [-0.3, -0.25) is 25.0 Å². The van der Waals surface area contributed by atoms with Crippen LogP contribution in [0.5, 0.6) is 0 Å². The number of carbonyl (C=O) groups excluding carboxylic acids is 1. The van der Waals surface area contributed by atoms with E-state index in [2.05, 4.69) is 15.3 Å². The van der Waals surface area contributed by atoms with Crippen molar-refractivity contribution in [2.45, 2.75) is 54.1 Å². The number of allylic oxidation sites excluding steroid dienone is 2. The number of nitro groups is 2. The zero-order valence-corrected chi connectivity index (χ0v) is 21.3. The molecule has 210 valence electrons. The largest absolute Gasteiger partial charge is 0.459 e. The van der Waals surface area contributed by atoms with Gasteiger partial charge < -0.3 is 15.8 Å². The quantitative estimate of drug-likeness (QED) is 0.180. The second-order valence-corrected chi connectivity index (χ2v) is 8.98. The third-order valence-corrected chi connectivity index (χ3v) is 4.24. The topological polar surface area (TPSA) is 176 Å². The summed E-state index contributed by atoms with van der Waals surface area (Å²) in [5.41, 5.74) is 6.77. The van der Waals surface area contributed by atoms with Crippen molar-refractivity contribution in [1.29, 1.82) is 0 Å². The molecule has 0 aliphatic carbocycles. The van der Waals surface area contributed by atoms with Gasteiger partial charge in [-0.15, -0.1) is 0 Å². The summed E-state index contributed by atoms with van der Waals surface area (Å²) in [6.45, 7) is 5.09. The summed E-state index contributed by atoms with van der Waals surface area (Å²) in [5, 5.41) is 24.2. The molecule has 0 radical (unpaired) electrons. The molecule has 3 N–H and O–H groups in total. The van der Waals surface area contributed by atoms with Crippen LogP contribution in [0.3, 0.4) is 0 Å². The fourth-order valence-corrected chi connectivity index (χ4v) is 2.73. The number of pyridine rings is 2. The lowest BCUT2D eigenvalue weighted by atomic mass is 10.1. The number of rotatable bonds is 9. The lowest BCUT2D eigenvalue weighted by Gasteiger charge is -2.20. The monoisotopic (exact) mass is 572 g/mol. The van der Waals surface area contributed by atoms with Gasteiger partial charge in [-0.1, -0.05) is 50.2 Å². The average Bonchev–Trinajstić information content (AvgIpc) is 2.73. The second kappa shape index (κ2) is 17.6. The smallest absolute Gasteiger partial charge is 0.325 e. The minimum atomic E-state index is -0.605. The first-order chi connectivity index (χ1) is 16.7. The minimum Gasteiger partial charge on any atom is -0.459 e. The van der Waals surface area contributed by atoms with E-state index in [9.17, 15) is 25.0 Å². The van der Waals surface area contributed by atoms with Gasteiger partial charge in [-0.25, -0.2) is 9.97 Å². The summed E-state index contributed by atoms with van der Waals surface area (Å²) in [6.07, 6.45) is 5.17. The van der Waals surface area contributed by atoms with Gasteiger partial charge in [0.05, 0.1) is 21.2 Å². The SMILES string of the molecule is C.C.CC(C)(C)OC(=O)CN/C(=C\[N+](=O)[O-])Cc1ccc(Cl)nc1.N/C(=C/[N+](=O)[O-])Cc1ccc(Cl)nc1. The number of aromatic nitrogens is 2. The van der Waals surface area contributed by atoms with Crippen LogP contribution in [0.4, 0.5) is 0 Å². The highest BCUT2D eigenvalue weighted by Gasteiger charge is 2.16. The molecule has 0 unspecified atom stereocenters. The summed E-state index contributed by atoms with van der Waals surface area (Å²) in [5.74, 6) is -0.490. The molecule has 0 aliphatic rings. The molecule has 2 heterocycles. The van der Waals surface area contributed by atoms with Crippen molar-refractivity contribution in [3.8, 4) is 0 Å². The van der Waals surface area contributed by atoms with Gasteiger partial charge in [0.2, 0.25) is 0 Å². The van der Waals surface area contributed by atoms with Crippen LogP contribution in [0.25, 0.3) is 0 Å². The molecule has 0 aliphatic heterocycles. The maximum atomic E-state index is 11.6. The van der Waals surface area contributed by atoms with Crippen LogP contribution in [0.2, 0.25) is 10.3 Å². The molecule has 0 atom stereocenters. The molecule has 14 heteroatoms. The highest BCUT2D eigenvalue weighted by molar-refractivity contribution is 6.29. The van der Waals surface area contributed by atoms with Crippen LogP contribution in [0, 0.1) is 20.2 Å². The normalized spacial score (nSPS) is 11.1. The molecule has 0 amide bonds. The molecule has 2 aromatic heterocycles. The average molecular weight is 573 g/mol. The predicted molar refractivity (Wildman–Crippen MR) is 148 cm³/mol. The Labute approximate surface area is 232 Å². The van der Waals surface area contributed by atoms with Crippen LogP contribution in [0.15, 0.2) is 60.5 Å². The van der Waals surface area contributed by atoms with Gasteiger partial charge in [0.1, 0.15) is 22.5 Å². The van der Waals surface area contributed by atoms with E-state index in [0.29, 0.717) is 16.7 Å².